The minimum absolute atomic E-state index is 0.0713. The first-order valence-electron chi connectivity index (χ1n) is 7.46. The molecule has 0 unspecified atom stereocenters. The van der Waals surface area contributed by atoms with Crippen molar-refractivity contribution in [2.45, 2.75) is 6.42 Å². The van der Waals surface area contributed by atoms with Crippen molar-refractivity contribution in [3.05, 3.63) is 60.4 Å². The van der Waals surface area contributed by atoms with Gasteiger partial charge in [-0.25, -0.2) is 4.39 Å². The number of hydrogen-bond acceptors (Lipinski definition) is 3. The lowest BCUT2D eigenvalue weighted by Crippen LogP contribution is -2.31. The smallest absolute Gasteiger partial charge is 0.225 e. The Bertz CT molecular complexity index is 619. The molecule has 0 radical (unpaired) electrons. The van der Waals surface area contributed by atoms with Crippen LogP contribution in [0.15, 0.2) is 54.6 Å². The van der Waals surface area contributed by atoms with Crippen molar-refractivity contribution in [3.63, 3.8) is 0 Å². The summed E-state index contributed by atoms with van der Waals surface area (Å²) >= 11 is 0. The number of rotatable bonds is 8. The first-order valence-corrected chi connectivity index (χ1v) is 7.46. The standard InChI is InChI=1S/C18H20FNO3/c1-20(12-14-22-15-7-3-2-4-8-15)18(21)11-13-23-17-10-6-5-9-16(17)19/h2-10H,11-14H2,1H3. The van der Waals surface area contributed by atoms with E-state index in [9.17, 15) is 9.18 Å². The summed E-state index contributed by atoms with van der Waals surface area (Å²) < 4.78 is 24.2. The molecule has 0 aliphatic rings. The van der Waals surface area contributed by atoms with Crippen LogP contribution in [0, 0.1) is 5.82 Å². The van der Waals surface area contributed by atoms with E-state index in [0.29, 0.717) is 13.2 Å². The van der Waals surface area contributed by atoms with Gasteiger partial charge in [0.1, 0.15) is 12.4 Å². The van der Waals surface area contributed by atoms with Gasteiger partial charge in [-0.15, -0.1) is 0 Å². The molecule has 2 rings (SSSR count). The Hall–Kier alpha value is -2.56. The number of nitrogens with zero attached hydrogens (tertiary/aromatic N) is 1. The highest BCUT2D eigenvalue weighted by Gasteiger charge is 2.10. The zero-order valence-electron chi connectivity index (χ0n) is 13.1. The molecule has 23 heavy (non-hydrogen) atoms. The third kappa shape index (κ3) is 5.62. The molecule has 0 heterocycles. The van der Waals surface area contributed by atoms with E-state index in [-0.39, 0.29) is 24.7 Å². The van der Waals surface area contributed by atoms with Gasteiger partial charge < -0.3 is 14.4 Å². The molecule has 0 aromatic heterocycles. The maximum Gasteiger partial charge on any atom is 0.225 e. The predicted molar refractivity (Wildman–Crippen MR) is 86.1 cm³/mol. The van der Waals surface area contributed by atoms with E-state index in [4.69, 9.17) is 9.47 Å². The molecule has 2 aromatic rings. The van der Waals surface area contributed by atoms with E-state index in [2.05, 4.69) is 0 Å². The van der Waals surface area contributed by atoms with E-state index in [1.807, 2.05) is 30.3 Å². The fraction of sp³-hybridized carbons (Fsp3) is 0.278. The Labute approximate surface area is 135 Å². The summed E-state index contributed by atoms with van der Waals surface area (Å²) in [5, 5.41) is 0. The molecule has 0 fully saturated rings. The predicted octanol–water partition coefficient (Wildman–Crippen LogP) is 3.13. The molecule has 0 aliphatic carbocycles. The second kappa shape index (κ2) is 8.78. The SMILES string of the molecule is CN(CCOc1ccccc1)C(=O)CCOc1ccccc1F. The Morgan fingerprint density at radius 1 is 1.00 bits per heavy atom. The van der Waals surface area contributed by atoms with Crippen LogP contribution in [-0.2, 0) is 4.79 Å². The minimum atomic E-state index is -0.426. The quantitative estimate of drug-likeness (QED) is 0.751. The molecule has 0 saturated heterocycles. The van der Waals surface area contributed by atoms with Gasteiger partial charge in [0, 0.05) is 7.05 Å². The van der Waals surface area contributed by atoms with Gasteiger partial charge >= 0.3 is 0 Å². The van der Waals surface area contributed by atoms with Gasteiger partial charge in [-0.05, 0) is 24.3 Å². The molecule has 2 aromatic carbocycles. The lowest BCUT2D eigenvalue weighted by molar-refractivity contribution is -0.130. The summed E-state index contributed by atoms with van der Waals surface area (Å²) in [4.78, 5) is 13.5. The number of halogens is 1. The van der Waals surface area contributed by atoms with Crippen molar-refractivity contribution in [2.75, 3.05) is 26.8 Å². The number of carbonyl (C=O) groups excluding carboxylic acids is 1. The molecule has 5 heteroatoms. The van der Waals surface area contributed by atoms with Crippen LogP contribution in [-0.4, -0.2) is 37.6 Å². The van der Waals surface area contributed by atoms with Crippen LogP contribution in [0.5, 0.6) is 11.5 Å². The third-order valence-electron chi connectivity index (χ3n) is 3.27. The molecule has 122 valence electrons. The lowest BCUT2D eigenvalue weighted by atomic mass is 10.3. The number of para-hydroxylation sites is 2. The van der Waals surface area contributed by atoms with Crippen LogP contribution in [0.3, 0.4) is 0 Å². The number of amides is 1. The summed E-state index contributed by atoms with van der Waals surface area (Å²) in [6.07, 6.45) is 0.191. The van der Waals surface area contributed by atoms with Gasteiger partial charge in [0.25, 0.3) is 0 Å². The Balaban J connectivity index is 1.66. The van der Waals surface area contributed by atoms with Crippen molar-refractivity contribution >= 4 is 5.91 Å². The molecule has 0 aliphatic heterocycles. The maximum atomic E-state index is 13.4. The van der Waals surface area contributed by atoms with Gasteiger partial charge in [0.2, 0.25) is 5.91 Å². The molecule has 0 saturated carbocycles. The summed E-state index contributed by atoms with van der Waals surface area (Å²) in [5.41, 5.74) is 0. The molecule has 1 amide bonds. The highest BCUT2D eigenvalue weighted by atomic mass is 19.1. The van der Waals surface area contributed by atoms with E-state index < -0.39 is 5.82 Å². The highest BCUT2D eigenvalue weighted by molar-refractivity contribution is 5.75. The zero-order valence-corrected chi connectivity index (χ0v) is 13.1. The third-order valence-corrected chi connectivity index (χ3v) is 3.27. The first kappa shape index (κ1) is 16.8. The fourth-order valence-electron chi connectivity index (χ4n) is 1.94. The van der Waals surface area contributed by atoms with Crippen LogP contribution in [0.1, 0.15) is 6.42 Å². The fourth-order valence-corrected chi connectivity index (χ4v) is 1.94. The summed E-state index contributed by atoms with van der Waals surface area (Å²) in [5.74, 6) is 0.439. The molecular weight excluding hydrogens is 297 g/mol. The normalized spacial score (nSPS) is 10.2. The van der Waals surface area contributed by atoms with Gasteiger partial charge in [0.05, 0.1) is 19.6 Å². The van der Waals surface area contributed by atoms with E-state index in [1.54, 1.807) is 24.1 Å². The van der Waals surface area contributed by atoms with Gasteiger partial charge in [-0.3, -0.25) is 4.79 Å². The Morgan fingerprint density at radius 2 is 1.70 bits per heavy atom. The molecule has 0 spiro atoms. The monoisotopic (exact) mass is 317 g/mol. The lowest BCUT2D eigenvalue weighted by Gasteiger charge is -2.17. The van der Waals surface area contributed by atoms with Gasteiger partial charge in [-0.1, -0.05) is 30.3 Å². The Kier molecular flexibility index (Phi) is 6.41. The zero-order chi connectivity index (χ0) is 16.5. The van der Waals surface area contributed by atoms with Crippen molar-refractivity contribution in [2.24, 2.45) is 0 Å². The number of ether oxygens (including phenoxy) is 2. The van der Waals surface area contributed by atoms with Crippen molar-refractivity contribution in [3.8, 4) is 11.5 Å². The van der Waals surface area contributed by atoms with E-state index in [0.717, 1.165) is 5.75 Å². The maximum absolute atomic E-state index is 13.4. The van der Waals surface area contributed by atoms with Crippen LogP contribution >= 0.6 is 0 Å². The second-order valence-corrected chi connectivity index (χ2v) is 5.01. The summed E-state index contributed by atoms with van der Waals surface area (Å²) in [6.45, 7) is 1.04. The van der Waals surface area contributed by atoms with Gasteiger partial charge in [0.15, 0.2) is 11.6 Å². The van der Waals surface area contributed by atoms with Crippen molar-refractivity contribution in [1.82, 2.24) is 4.90 Å². The average molecular weight is 317 g/mol. The summed E-state index contributed by atoms with van der Waals surface area (Å²) in [6, 6.07) is 15.6. The second-order valence-electron chi connectivity index (χ2n) is 5.01. The largest absolute Gasteiger partial charge is 0.492 e. The highest BCUT2D eigenvalue weighted by Crippen LogP contribution is 2.15. The number of hydrogen-bond donors (Lipinski definition) is 0. The van der Waals surface area contributed by atoms with Gasteiger partial charge in [-0.2, -0.15) is 0 Å². The van der Waals surface area contributed by atoms with Crippen LogP contribution in [0.25, 0.3) is 0 Å². The number of benzene rings is 2. The number of carbonyl (C=O) groups is 1. The Morgan fingerprint density at radius 3 is 2.43 bits per heavy atom. The van der Waals surface area contributed by atoms with Crippen LogP contribution < -0.4 is 9.47 Å². The van der Waals surface area contributed by atoms with Crippen LogP contribution in [0.4, 0.5) is 4.39 Å². The molecule has 0 bridgehead atoms. The first-order chi connectivity index (χ1) is 11.2. The number of likely N-dealkylation sites (N-methyl/N-ethyl adjacent to an activating group) is 1. The van der Waals surface area contributed by atoms with Crippen LogP contribution in [0.2, 0.25) is 0 Å². The van der Waals surface area contributed by atoms with E-state index in [1.165, 1.54) is 12.1 Å². The molecule has 0 N–H and O–H groups in total. The molecular formula is C18H20FNO3. The molecule has 4 nitrogen and oxygen atoms in total. The average Bonchev–Trinajstić information content (AvgIpc) is 2.57. The summed E-state index contributed by atoms with van der Waals surface area (Å²) in [7, 11) is 1.71. The minimum Gasteiger partial charge on any atom is -0.492 e. The molecule has 0 atom stereocenters. The van der Waals surface area contributed by atoms with E-state index >= 15 is 0 Å². The van der Waals surface area contributed by atoms with Crippen molar-refractivity contribution < 1.29 is 18.7 Å². The topological polar surface area (TPSA) is 38.8 Å². The van der Waals surface area contributed by atoms with Crippen molar-refractivity contribution in [1.29, 1.82) is 0 Å².